The fourth-order valence-electron chi connectivity index (χ4n) is 2.75. The Bertz CT molecular complexity index is 384. The SMILES string of the molecule is CNC1(CCc2cccc(Cl)c2)CCN(C)CC1. The number of benzene rings is 1. The predicted molar refractivity (Wildman–Crippen MR) is 78.3 cm³/mol. The summed E-state index contributed by atoms with van der Waals surface area (Å²) in [5, 5.41) is 4.41. The zero-order chi connectivity index (χ0) is 13.0. The minimum atomic E-state index is 0.314. The summed E-state index contributed by atoms with van der Waals surface area (Å²) in [6, 6.07) is 8.23. The Balaban J connectivity index is 1.95. The molecule has 2 rings (SSSR count). The van der Waals surface area contributed by atoms with Gasteiger partial charge in [-0.3, -0.25) is 0 Å². The van der Waals surface area contributed by atoms with Crippen LogP contribution >= 0.6 is 11.6 Å². The highest BCUT2D eigenvalue weighted by Gasteiger charge is 2.31. The third-order valence-corrected chi connectivity index (χ3v) is 4.49. The molecule has 0 aliphatic carbocycles. The van der Waals surface area contributed by atoms with E-state index in [1.807, 2.05) is 12.1 Å². The van der Waals surface area contributed by atoms with Crippen LogP contribution in [0, 0.1) is 0 Å². The molecule has 0 amide bonds. The highest BCUT2D eigenvalue weighted by molar-refractivity contribution is 6.30. The Kier molecular flexibility index (Phi) is 4.66. The molecule has 0 unspecified atom stereocenters. The second-order valence-corrected chi connectivity index (χ2v) is 5.90. The van der Waals surface area contributed by atoms with Crippen LogP contribution in [0.5, 0.6) is 0 Å². The first-order valence-corrected chi connectivity index (χ1v) is 7.13. The number of aryl methyl sites for hydroxylation is 1. The molecule has 0 spiro atoms. The van der Waals surface area contributed by atoms with E-state index in [-0.39, 0.29) is 0 Å². The van der Waals surface area contributed by atoms with Crippen molar-refractivity contribution in [3.63, 3.8) is 0 Å². The molecule has 0 bridgehead atoms. The molecule has 0 radical (unpaired) electrons. The van der Waals surface area contributed by atoms with Crippen LogP contribution in [0.25, 0.3) is 0 Å². The predicted octanol–water partition coefficient (Wildman–Crippen LogP) is 2.96. The van der Waals surface area contributed by atoms with E-state index >= 15 is 0 Å². The molecule has 1 aromatic carbocycles. The normalized spacial score (nSPS) is 19.9. The van der Waals surface area contributed by atoms with Gasteiger partial charge in [0.1, 0.15) is 0 Å². The number of nitrogens with zero attached hydrogens (tertiary/aromatic N) is 1. The Morgan fingerprint density at radius 3 is 2.67 bits per heavy atom. The molecule has 0 saturated carbocycles. The van der Waals surface area contributed by atoms with Gasteiger partial charge in [0, 0.05) is 10.6 Å². The number of rotatable bonds is 4. The number of piperidine rings is 1. The molecule has 3 heteroatoms. The van der Waals surface area contributed by atoms with Gasteiger partial charge in [0.15, 0.2) is 0 Å². The van der Waals surface area contributed by atoms with Gasteiger partial charge in [-0.05, 0) is 70.6 Å². The molecule has 1 aromatic rings. The lowest BCUT2D eigenvalue weighted by atomic mass is 9.82. The highest BCUT2D eigenvalue weighted by Crippen LogP contribution is 2.27. The standard InChI is InChI=1S/C15H23ClN2/c1-17-15(8-10-18(2)11-9-15)7-6-13-4-3-5-14(16)12-13/h3-5,12,17H,6-11H2,1-2H3. The topological polar surface area (TPSA) is 15.3 Å². The number of hydrogen-bond donors (Lipinski definition) is 1. The molecule has 1 aliphatic rings. The average Bonchev–Trinajstić information content (AvgIpc) is 2.39. The second kappa shape index (κ2) is 6.05. The van der Waals surface area contributed by atoms with Crippen LogP contribution in [0.1, 0.15) is 24.8 Å². The molecule has 0 atom stereocenters. The Labute approximate surface area is 115 Å². The molecule has 1 saturated heterocycles. The molecule has 1 fully saturated rings. The summed E-state index contributed by atoms with van der Waals surface area (Å²) in [6.07, 6.45) is 4.77. The maximum atomic E-state index is 6.03. The first-order chi connectivity index (χ1) is 8.63. The van der Waals surface area contributed by atoms with Crippen LogP contribution in [0.4, 0.5) is 0 Å². The zero-order valence-corrected chi connectivity index (χ0v) is 12.1. The van der Waals surface area contributed by atoms with Gasteiger partial charge < -0.3 is 10.2 Å². The Morgan fingerprint density at radius 2 is 2.06 bits per heavy atom. The van der Waals surface area contributed by atoms with E-state index in [9.17, 15) is 0 Å². The van der Waals surface area contributed by atoms with Crippen molar-refractivity contribution in [3.8, 4) is 0 Å². The van der Waals surface area contributed by atoms with Crippen molar-refractivity contribution < 1.29 is 0 Å². The van der Waals surface area contributed by atoms with E-state index in [4.69, 9.17) is 11.6 Å². The lowest BCUT2D eigenvalue weighted by molar-refractivity contribution is 0.156. The fraction of sp³-hybridized carbons (Fsp3) is 0.600. The van der Waals surface area contributed by atoms with Gasteiger partial charge in [0.25, 0.3) is 0 Å². The third-order valence-electron chi connectivity index (χ3n) is 4.26. The third kappa shape index (κ3) is 3.47. The Hall–Kier alpha value is -0.570. The van der Waals surface area contributed by atoms with Crippen LogP contribution in [-0.4, -0.2) is 37.6 Å². The molecule has 0 aromatic heterocycles. The van der Waals surface area contributed by atoms with Crippen LogP contribution in [-0.2, 0) is 6.42 Å². The Morgan fingerprint density at radius 1 is 1.33 bits per heavy atom. The smallest absolute Gasteiger partial charge is 0.0408 e. The average molecular weight is 267 g/mol. The lowest BCUT2D eigenvalue weighted by Gasteiger charge is -2.41. The molecule has 2 nitrogen and oxygen atoms in total. The van der Waals surface area contributed by atoms with E-state index in [2.05, 4.69) is 36.4 Å². The summed E-state index contributed by atoms with van der Waals surface area (Å²) in [4.78, 5) is 2.41. The molecule has 18 heavy (non-hydrogen) atoms. The summed E-state index contributed by atoms with van der Waals surface area (Å²) in [7, 11) is 4.31. The van der Waals surface area contributed by atoms with E-state index < -0.39 is 0 Å². The number of nitrogens with one attached hydrogen (secondary N) is 1. The maximum absolute atomic E-state index is 6.03. The lowest BCUT2D eigenvalue weighted by Crippen LogP contribution is -2.51. The zero-order valence-electron chi connectivity index (χ0n) is 11.4. The van der Waals surface area contributed by atoms with Gasteiger partial charge >= 0.3 is 0 Å². The number of likely N-dealkylation sites (tertiary alicyclic amines) is 1. The van der Waals surface area contributed by atoms with Crippen molar-refractivity contribution in [2.75, 3.05) is 27.2 Å². The van der Waals surface area contributed by atoms with E-state index in [0.717, 1.165) is 11.4 Å². The number of hydrogen-bond acceptors (Lipinski definition) is 2. The van der Waals surface area contributed by atoms with E-state index in [1.165, 1.54) is 37.9 Å². The summed E-state index contributed by atoms with van der Waals surface area (Å²) in [5.41, 5.74) is 1.66. The van der Waals surface area contributed by atoms with Crippen LogP contribution < -0.4 is 5.32 Å². The monoisotopic (exact) mass is 266 g/mol. The van der Waals surface area contributed by atoms with Crippen molar-refractivity contribution in [3.05, 3.63) is 34.9 Å². The molecular formula is C15H23ClN2. The molecular weight excluding hydrogens is 244 g/mol. The molecule has 1 heterocycles. The second-order valence-electron chi connectivity index (χ2n) is 5.46. The quantitative estimate of drug-likeness (QED) is 0.902. The number of halogens is 1. The van der Waals surface area contributed by atoms with Crippen molar-refractivity contribution in [2.45, 2.75) is 31.2 Å². The summed E-state index contributed by atoms with van der Waals surface area (Å²) in [5.74, 6) is 0. The van der Waals surface area contributed by atoms with Gasteiger partial charge in [-0.25, -0.2) is 0 Å². The van der Waals surface area contributed by atoms with Gasteiger partial charge in [-0.2, -0.15) is 0 Å². The minimum absolute atomic E-state index is 0.314. The fourth-order valence-corrected chi connectivity index (χ4v) is 2.96. The minimum Gasteiger partial charge on any atom is -0.314 e. The van der Waals surface area contributed by atoms with Gasteiger partial charge in [0.2, 0.25) is 0 Å². The van der Waals surface area contributed by atoms with Gasteiger partial charge in [0.05, 0.1) is 0 Å². The van der Waals surface area contributed by atoms with Crippen molar-refractivity contribution in [1.82, 2.24) is 10.2 Å². The van der Waals surface area contributed by atoms with Crippen molar-refractivity contribution >= 4 is 11.6 Å². The van der Waals surface area contributed by atoms with E-state index in [0.29, 0.717) is 5.54 Å². The van der Waals surface area contributed by atoms with Crippen molar-refractivity contribution in [1.29, 1.82) is 0 Å². The van der Waals surface area contributed by atoms with Crippen LogP contribution in [0.15, 0.2) is 24.3 Å². The first-order valence-electron chi connectivity index (χ1n) is 6.75. The molecule has 1 N–H and O–H groups in total. The molecule has 1 aliphatic heterocycles. The van der Waals surface area contributed by atoms with Gasteiger partial charge in [-0.1, -0.05) is 23.7 Å². The maximum Gasteiger partial charge on any atom is 0.0408 e. The van der Waals surface area contributed by atoms with Crippen LogP contribution in [0.2, 0.25) is 5.02 Å². The van der Waals surface area contributed by atoms with Crippen LogP contribution in [0.3, 0.4) is 0 Å². The van der Waals surface area contributed by atoms with E-state index in [1.54, 1.807) is 0 Å². The largest absolute Gasteiger partial charge is 0.314 e. The summed E-state index contributed by atoms with van der Waals surface area (Å²) in [6.45, 7) is 2.38. The first kappa shape index (κ1) is 13.9. The van der Waals surface area contributed by atoms with Crippen molar-refractivity contribution in [2.24, 2.45) is 0 Å². The molecule has 100 valence electrons. The summed E-state index contributed by atoms with van der Waals surface area (Å²) < 4.78 is 0. The highest BCUT2D eigenvalue weighted by atomic mass is 35.5. The summed E-state index contributed by atoms with van der Waals surface area (Å²) >= 11 is 6.03. The van der Waals surface area contributed by atoms with Gasteiger partial charge in [-0.15, -0.1) is 0 Å².